The van der Waals surface area contributed by atoms with Gasteiger partial charge >= 0.3 is 0 Å². The lowest BCUT2D eigenvalue weighted by molar-refractivity contribution is 0.300. The second-order valence-corrected chi connectivity index (χ2v) is 6.88. The minimum absolute atomic E-state index is 0.536. The third kappa shape index (κ3) is 4.12. The summed E-state index contributed by atoms with van der Waals surface area (Å²) in [6, 6.07) is 4.63. The zero-order valence-electron chi connectivity index (χ0n) is 12.1. The fraction of sp³-hybridized carbons (Fsp3) is 0.600. The Bertz CT molecular complexity index is 454. The lowest BCUT2D eigenvalue weighted by Crippen LogP contribution is -2.26. The molecule has 1 heterocycles. The van der Waals surface area contributed by atoms with Crippen LogP contribution in [0.3, 0.4) is 0 Å². The van der Waals surface area contributed by atoms with E-state index in [0.717, 1.165) is 26.9 Å². The molecule has 0 radical (unpaired) electrons. The van der Waals surface area contributed by atoms with Crippen LogP contribution in [0.1, 0.15) is 26.2 Å². The van der Waals surface area contributed by atoms with Gasteiger partial charge in [-0.15, -0.1) is 0 Å². The summed E-state index contributed by atoms with van der Waals surface area (Å²) in [6.45, 7) is 5.80. The van der Waals surface area contributed by atoms with Gasteiger partial charge in [0.25, 0.3) is 0 Å². The molecule has 2 rings (SSSR count). The molecule has 0 aliphatic carbocycles. The standard InChI is InChI=1S/C15H22Br2N2O/c1-3-19-7-4-5-11(6-8-19)18-14-10-15(20-2)13(17)9-12(14)16/h9-11,18H,3-8H2,1-2H3. The summed E-state index contributed by atoms with van der Waals surface area (Å²) >= 11 is 7.13. The molecule has 1 aromatic rings. The highest BCUT2D eigenvalue weighted by Gasteiger charge is 2.17. The van der Waals surface area contributed by atoms with Crippen LogP contribution in [0.2, 0.25) is 0 Å². The molecule has 1 aliphatic heterocycles. The molecule has 5 heteroatoms. The van der Waals surface area contributed by atoms with E-state index in [1.54, 1.807) is 7.11 Å². The van der Waals surface area contributed by atoms with Crippen molar-refractivity contribution in [3.63, 3.8) is 0 Å². The largest absolute Gasteiger partial charge is 0.495 e. The molecule has 1 N–H and O–H groups in total. The molecule has 3 nitrogen and oxygen atoms in total. The van der Waals surface area contributed by atoms with Gasteiger partial charge in [-0.25, -0.2) is 0 Å². The normalized spacial score (nSPS) is 20.5. The monoisotopic (exact) mass is 404 g/mol. The van der Waals surface area contributed by atoms with Crippen molar-refractivity contribution in [2.45, 2.75) is 32.2 Å². The van der Waals surface area contributed by atoms with Gasteiger partial charge < -0.3 is 15.0 Å². The Morgan fingerprint density at radius 1 is 1.25 bits per heavy atom. The van der Waals surface area contributed by atoms with E-state index in [-0.39, 0.29) is 0 Å². The molecule has 0 aromatic heterocycles. The van der Waals surface area contributed by atoms with Gasteiger partial charge in [-0.3, -0.25) is 0 Å². The second-order valence-electron chi connectivity index (χ2n) is 5.17. The summed E-state index contributed by atoms with van der Waals surface area (Å²) in [6.07, 6.45) is 3.68. The smallest absolute Gasteiger partial charge is 0.135 e. The zero-order chi connectivity index (χ0) is 14.5. The van der Waals surface area contributed by atoms with Crippen LogP contribution < -0.4 is 10.1 Å². The highest BCUT2D eigenvalue weighted by Crippen LogP contribution is 2.35. The van der Waals surface area contributed by atoms with Crippen molar-refractivity contribution in [2.24, 2.45) is 0 Å². The first-order valence-electron chi connectivity index (χ1n) is 7.16. The minimum Gasteiger partial charge on any atom is -0.495 e. The van der Waals surface area contributed by atoms with Gasteiger partial charge in [-0.1, -0.05) is 6.92 Å². The Morgan fingerprint density at radius 2 is 2.05 bits per heavy atom. The van der Waals surface area contributed by atoms with Gasteiger partial charge in [0.05, 0.1) is 17.3 Å². The minimum atomic E-state index is 0.536. The Labute approximate surface area is 138 Å². The molecular weight excluding hydrogens is 384 g/mol. The fourth-order valence-corrected chi connectivity index (χ4v) is 3.90. The number of methoxy groups -OCH3 is 1. The number of hydrogen-bond acceptors (Lipinski definition) is 3. The van der Waals surface area contributed by atoms with Crippen LogP contribution in [0.5, 0.6) is 5.75 Å². The topological polar surface area (TPSA) is 24.5 Å². The highest BCUT2D eigenvalue weighted by atomic mass is 79.9. The number of likely N-dealkylation sites (tertiary alicyclic amines) is 1. The summed E-state index contributed by atoms with van der Waals surface area (Å²) in [5.74, 6) is 0.861. The SMILES string of the molecule is CCN1CCCC(Nc2cc(OC)c(Br)cc2Br)CC1. The number of halogens is 2. The maximum atomic E-state index is 5.37. The molecule has 0 spiro atoms. The number of nitrogens with one attached hydrogen (secondary N) is 1. The number of anilines is 1. The maximum Gasteiger partial charge on any atom is 0.135 e. The van der Waals surface area contributed by atoms with Crippen LogP contribution in [-0.2, 0) is 0 Å². The molecule has 1 aliphatic rings. The summed E-state index contributed by atoms with van der Waals surface area (Å²) in [4.78, 5) is 2.53. The highest BCUT2D eigenvalue weighted by molar-refractivity contribution is 9.11. The van der Waals surface area contributed by atoms with E-state index in [0.29, 0.717) is 6.04 Å². The van der Waals surface area contributed by atoms with Crippen molar-refractivity contribution in [1.29, 1.82) is 0 Å². The Balaban J connectivity index is 2.06. The first kappa shape index (κ1) is 16.1. The fourth-order valence-electron chi connectivity index (χ4n) is 2.63. The number of ether oxygens (including phenoxy) is 1. The number of benzene rings is 1. The molecule has 0 bridgehead atoms. The first-order chi connectivity index (χ1) is 9.63. The second kappa shape index (κ2) is 7.66. The van der Waals surface area contributed by atoms with Crippen molar-refractivity contribution in [3.05, 3.63) is 21.1 Å². The van der Waals surface area contributed by atoms with Crippen LogP contribution in [0.15, 0.2) is 21.1 Å². The predicted molar refractivity (Wildman–Crippen MR) is 91.8 cm³/mol. The third-order valence-electron chi connectivity index (χ3n) is 3.87. The van der Waals surface area contributed by atoms with E-state index < -0.39 is 0 Å². The Hall–Kier alpha value is -0.260. The van der Waals surface area contributed by atoms with Crippen molar-refractivity contribution in [3.8, 4) is 5.75 Å². The van der Waals surface area contributed by atoms with Gasteiger partial charge in [0.1, 0.15) is 5.75 Å². The van der Waals surface area contributed by atoms with Crippen molar-refractivity contribution >= 4 is 37.5 Å². The van der Waals surface area contributed by atoms with Gasteiger partial charge in [0.2, 0.25) is 0 Å². The zero-order valence-corrected chi connectivity index (χ0v) is 15.3. The van der Waals surface area contributed by atoms with E-state index in [2.05, 4.69) is 55.1 Å². The van der Waals surface area contributed by atoms with E-state index >= 15 is 0 Å². The summed E-state index contributed by atoms with van der Waals surface area (Å²) in [7, 11) is 1.70. The predicted octanol–water partition coefficient (Wildman–Crippen LogP) is 4.51. The van der Waals surface area contributed by atoms with Crippen LogP contribution in [0.25, 0.3) is 0 Å². The first-order valence-corrected chi connectivity index (χ1v) is 8.74. The molecule has 112 valence electrons. The van der Waals surface area contributed by atoms with Gasteiger partial charge in [0, 0.05) is 23.1 Å². The van der Waals surface area contributed by atoms with Crippen LogP contribution in [0, 0.1) is 0 Å². The molecule has 0 saturated carbocycles. The van der Waals surface area contributed by atoms with Crippen LogP contribution >= 0.6 is 31.9 Å². The van der Waals surface area contributed by atoms with Crippen LogP contribution in [0.4, 0.5) is 5.69 Å². The third-order valence-corrected chi connectivity index (χ3v) is 5.14. The Morgan fingerprint density at radius 3 is 2.75 bits per heavy atom. The number of nitrogens with zero attached hydrogens (tertiary/aromatic N) is 1. The molecule has 1 saturated heterocycles. The lowest BCUT2D eigenvalue weighted by atomic mass is 10.1. The van der Waals surface area contributed by atoms with Crippen molar-refractivity contribution in [1.82, 2.24) is 4.90 Å². The lowest BCUT2D eigenvalue weighted by Gasteiger charge is -2.20. The molecule has 1 unspecified atom stereocenters. The van der Waals surface area contributed by atoms with Gasteiger partial charge in [0.15, 0.2) is 0 Å². The maximum absolute atomic E-state index is 5.37. The van der Waals surface area contributed by atoms with Gasteiger partial charge in [-0.05, 0) is 70.3 Å². The number of rotatable bonds is 4. The van der Waals surface area contributed by atoms with Crippen molar-refractivity contribution < 1.29 is 4.74 Å². The summed E-state index contributed by atoms with van der Waals surface area (Å²) in [5, 5.41) is 3.66. The molecule has 1 atom stereocenters. The van der Waals surface area contributed by atoms with E-state index in [9.17, 15) is 0 Å². The molecular formula is C15H22Br2N2O. The van der Waals surface area contributed by atoms with E-state index in [1.165, 1.54) is 32.4 Å². The quantitative estimate of drug-likeness (QED) is 0.797. The number of hydrogen-bond donors (Lipinski definition) is 1. The average molecular weight is 406 g/mol. The van der Waals surface area contributed by atoms with Gasteiger partial charge in [-0.2, -0.15) is 0 Å². The summed E-state index contributed by atoms with van der Waals surface area (Å²) in [5.41, 5.74) is 1.11. The van der Waals surface area contributed by atoms with Crippen LogP contribution in [-0.4, -0.2) is 37.7 Å². The van der Waals surface area contributed by atoms with Crippen molar-refractivity contribution in [2.75, 3.05) is 32.1 Å². The Kier molecular flexibility index (Phi) is 6.18. The molecule has 1 fully saturated rings. The molecule has 0 amide bonds. The molecule has 20 heavy (non-hydrogen) atoms. The average Bonchev–Trinajstić information content (AvgIpc) is 2.67. The van der Waals surface area contributed by atoms with E-state index in [4.69, 9.17) is 4.74 Å². The molecule has 1 aromatic carbocycles. The summed E-state index contributed by atoms with van der Waals surface area (Å²) < 4.78 is 7.41. The van der Waals surface area contributed by atoms with E-state index in [1.807, 2.05) is 6.07 Å².